The Morgan fingerprint density at radius 2 is 1.90 bits per heavy atom. The summed E-state index contributed by atoms with van der Waals surface area (Å²) in [6, 6.07) is 5.48. The Balaban J connectivity index is 2.95. The number of carbonyl (C=O) groups is 1. The summed E-state index contributed by atoms with van der Waals surface area (Å²) >= 11 is 0. The first-order chi connectivity index (χ1) is 9.26. The number of aryl methyl sites for hydroxylation is 2. The van der Waals surface area contributed by atoms with E-state index in [9.17, 15) is 13.2 Å². The quantitative estimate of drug-likeness (QED) is 0.835. The smallest absolute Gasteiger partial charge is 0.318 e. The van der Waals surface area contributed by atoms with Crippen LogP contribution in [0, 0.1) is 13.8 Å². The van der Waals surface area contributed by atoms with E-state index < -0.39 is 22.5 Å². The molecular formula is C14H21NO4S. The fraction of sp³-hybridized carbons (Fsp3) is 0.500. The van der Waals surface area contributed by atoms with Crippen LogP contribution in [0.3, 0.4) is 0 Å². The number of hydrogen-bond donors (Lipinski definition) is 1. The molecule has 0 radical (unpaired) electrons. The van der Waals surface area contributed by atoms with E-state index in [2.05, 4.69) is 0 Å². The van der Waals surface area contributed by atoms with Gasteiger partial charge in [0.2, 0.25) is 10.0 Å². The molecular weight excluding hydrogens is 278 g/mol. The van der Waals surface area contributed by atoms with Gasteiger partial charge in [-0.3, -0.25) is 4.79 Å². The minimum atomic E-state index is -3.61. The Morgan fingerprint density at radius 3 is 2.40 bits per heavy atom. The largest absolute Gasteiger partial charge is 0.480 e. The van der Waals surface area contributed by atoms with Gasteiger partial charge >= 0.3 is 5.97 Å². The molecule has 0 spiro atoms. The molecule has 0 aliphatic rings. The highest BCUT2D eigenvalue weighted by atomic mass is 32.2. The second-order valence-electron chi connectivity index (χ2n) is 4.90. The highest BCUT2D eigenvalue weighted by molar-refractivity contribution is 7.88. The van der Waals surface area contributed by atoms with Gasteiger partial charge in [-0.15, -0.1) is 0 Å². The predicted octanol–water partition coefficient (Wildman–Crippen LogP) is 1.93. The molecule has 0 aromatic heterocycles. The van der Waals surface area contributed by atoms with Crippen LogP contribution in [0.25, 0.3) is 0 Å². The average molecular weight is 299 g/mol. The Kier molecular flexibility index (Phi) is 5.71. The SMILES string of the molecule is CCCN(CC(=O)O)S(=O)(=O)Cc1ccc(C)c(C)c1. The van der Waals surface area contributed by atoms with E-state index in [-0.39, 0.29) is 12.3 Å². The van der Waals surface area contributed by atoms with Crippen molar-refractivity contribution in [3.8, 4) is 0 Å². The van der Waals surface area contributed by atoms with Crippen LogP contribution in [-0.4, -0.2) is 36.9 Å². The predicted molar refractivity (Wildman–Crippen MR) is 78.0 cm³/mol. The number of rotatable bonds is 7. The summed E-state index contributed by atoms with van der Waals surface area (Å²) in [6.07, 6.45) is 0.583. The molecule has 0 bridgehead atoms. The zero-order valence-corrected chi connectivity index (χ0v) is 12.9. The Morgan fingerprint density at radius 1 is 1.25 bits per heavy atom. The zero-order valence-electron chi connectivity index (χ0n) is 12.1. The van der Waals surface area contributed by atoms with E-state index in [1.807, 2.05) is 32.9 Å². The number of carboxylic acids is 1. The van der Waals surface area contributed by atoms with Gasteiger partial charge in [0.25, 0.3) is 0 Å². The van der Waals surface area contributed by atoms with Gasteiger partial charge in [0.1, 0.15) is 6.54 Å². The standard InChI is InChI=1S/C14H21NO4S/c1-4-7-15(9-14(16)17)20(18,19)10-13-6-5-11(2)12(3)8-13/h5-6,8H,4,7,9-10H2,1-3H3,(H,16,17). The molecule has 0 amide bonds. The van der Waals surface area contributed by atoms with Gasteiger partial charge in [-0.05, 0) is 37.0 Å². The zero-order chi connectivity index (χ0) is 15.3. The molecule has 0 atom stereocenters. The van der Waals surface area contributed by atoms with Crippen molar-refractivity contribution in [3.63, 3.8) is 0 Å². The van der Waals surface area contributed by atoms with Crippen LogP contribution in [-0.2, 0) is 20.6 Å². The van der Waals surface area contributed by atoms with E-state index in [1.54, 1.807) is 6.07 Å². The summed E-state index contributed by atoms with van der Waals surface area (Å²) in [6.45, 7) is 5.44. The monoisotopic (exact) mass is 299 g/mol. The van der Waals surface area contributed by atoms with Crippen LogP contribution < -0.4 is 0 Å². The number of benzene rings is 1. The first-order valence-corrected chi connectivity index (χ1v) is 8.13. The Bertz CT molecular complexity index is 581. The molecule has 0 saturated carbocycles. The molecule has 0 saturated heterocycles. The van der Waals surface area contributed by atoms with Crippen LogP contribution in [0.5, 0.6) is 0 Å². The highest BCUT2D eigenvalue weighted by Crippen LogP contribution is 2.15. The fourth-order valence-corrected chi connectivity index (χ4v) is 3.46. The molecule has 5 nitrogen and oxygen atoms in total. The van der Waals surface area contributed by atoms with E-state index in [0.29, 0.717) is 12.0 Å². The average Bonchev–Trinajstić information content (AvgIpc) is 2.32. The van der Waals surface area contributed by atoms with E-state index in [4.69, 9.17) is 5.11 Å². The summed E-state index contributed by atoms with van der Waals surface area (Å²) in [5.41, 5.74) is 2.81. The molecule has 1 rings (SSSR count). The van der Waals surface area contributed by atoms with E-state index in [1.165, 1.54) is 0 Å². The van der Waals surface area contributed by atoms with Gasteiger partial charge in [-0.1, -0.05) is 25.1 Å². The van der Waals surface area contributed by atoms with Crippen molar-refractivity contribution in [2.45, 2.75) is 32.9 Å². The van der Waals surface area contributed by atoms with Crippen molar-refractivity contribution in [2.24, 2.45) is 0 Å². The Labute approximate surface area is 120 Å². The van der Waals surface area contributed by atoms with Gasteiger partial charge in [-0.25, -0.2) is 8.42 Å². The maximum absolute atomic E-state index is 12.3. The third-order valence-electron chi connectivity index (χ3n) is 3.10. The maximum Gasteiger partial charge on any atom is 0.318 e. The van der Waals surface area contributed by atoms with Gasteiger partial charge in [0.05, 0.1) is 5.75 Å². The lowest BCUT2D eigenvalue weighted by atomic mass is 10.1. The summed E-state index contributed by atoms with van der Waals surface area (Å²) in [5.74, 6) is -1.30. The molecule has 0 aliphatic carbocycles. The maximum atomic E-state index is 12.3. The lowest BCUT2D eigenvalue weighted by molar-refractivity contribution is -0.137. The third-order valence-corrected chi connectivity index (χ3v) is 4.89. The number of hydrogen-bond acceptors (Lipinski definition) is 3. The first-order valence-electron chi connectivity index (χ1n) is 6.52. The molecule has 6 heteroatoms. The number of aliphatic carboxylic acids is 1. The van der Waals surface area contributed by atoms with E-state index >= 15 is 0 Å². The number of sulfonamides is 1. The van der Waals surface area contributed by atoms with Crippen LogP contribution in [0.1, 0.15) is 30.0 Å². The summed E-state index contributed by atoms with van der Waals surface area (Å²) in [7, 11) is -3.61. The van der Waals surface area contributed by atoms with Crippen molar-refractivity contribution in [1.82, 2.24) is 4.31 Å². The minimum absolute atomic E-state index is 0.165. The van der Waals surface area contributed by atoms with Crippen LogP contribution in [0.2, 0.25) is 0 Å². The van der Waals surface area contributed by atoms with Crippen molar-refractivity contribution >= 4 is 16.0 Å². The molecule has 0 heterocycles. The second kappa shape index (κ2) is 6.85. The van der Waals surface area contributed by atoms with Gasteiger partial charge in [0.15, 0.2) is 0 Å². The summed E-state index contributed by atoms with van der Waals surface area (Å²) < 4.78 is 25.6. The molecule has 1 aromatic rings. The normalized spacial score (nSPS) is 11.8. The highest BCUT2D eigenvalue weighted by Gasteiger charge is 2.24. The van der Waals surface area contributed by atoms with Crippen LogP contribution in [0.4, 0.5) is 0 Å². The fourth-order valence-electron chi connectivity index (χ4n) is 1.91. The lowest BCUT2D eigenvalue weighted by Crippen LogP contribution is -2.37. The van der Waals surface area contributed by atoms with Gasteiger partial charge in [0, 0.05) is 6.54 Å². The van der Waals surface area contributed by atoms with Crippen LogP contribution in [0.15, 0.2) is 18.2 Å². The molecule has 0 aliphatic heterocycles. The molecule has 1 N–H and O–H groups in total. The van der Waals surface area contributed by atoms with Crippen molar-refractivity contribution in [1.29, 1.82) is 0 Å². The molecule has 112 valence electrons. The minimum Gasteiger partial charge on any atom is -0.480 e. The Hall–Kier alpha value is -1.40. The van der Waals surface area contributed by atoms with Crippen LogP contribution >= 0.6 is 0 Å². The third kappa shape index (κ3) is 4.61. The van der Waals surface area contributed by atoms with Gasteiger partial charge < -0.3 is 5.11 Å². The lowest BCUT2D eigenvalue weighted by Gasteiger charge is -2.19. The molecule has 20 heavy (non-hydrogen) atoms. The topological polar surface area (TPSA) is 74.7 Å². The van der Waals surface area contributed by atoms with E-state index in [0.717, 1.165) is 15.4 Å². The molecule has 0 unspecified atom stereocenters. The van der Waals surface area contributed by atoms with Crippen molar-refractivity contribution in [3.05, 3.63) is 34.9 Å². The van der Waals surface area contributed by atoms with Gasteiger partial charge in [-0.2, -0.15) is 4.31 Å². The summed E-state index contributed by atoms with van der Waals surface area (Å²) in [5, 5.41) is 8.81. The first kappa shape index (κ1) is 16.7. The van der Waals surface area contributed by atoms with Crippen molar-refractivity contribution in [2.75, 3.05) is 13.1 Å². The molecule has 0 fully saturated rings. The van der Waals surface area contributed by atoms with Crippen molar-refractivity contribution < 1.29 is 18.3 Å². The summed E-state index contributed by atoms with van der Waals surface area (Å²) in [4.78, 5) is 10.8. The second-order valence-corrected chi connectivity index (χ2v) is 6.87. The number of carboxylic acid groups (broad SMARTS) is 1. The number of nitrogens with zero attached hydrogens (tertiary/aromatic N) is 1. The molecule has 1 aromatic carbocycles.